The van der Waals surface area contributed by atoms with Gasteiger partial charge in [-0.25, -0.2) is 4.98 Å². The number of para-hydroxylation sites is 2. The minimum Gasteiger partial charge on any atom is -0.352 e. The monoisotopic (exact) mass is 349 g/mol. The first-order valence-electron chi connectivity index (χ1n) is 8.33. The lowest BCUT2D eigenvalue weighted by atomic mass is 10.1. The van der Waals surface area contributed by atoms with E-state index in [4.69, 9.17) is 9.47 Å². The third-order valence-electron chi connectivity index (χ3n) is 4.49. The third-order valence-corrected chi connectivity index (χ3v) is 4.49. The second kappa shape index (κ2) is 6.74. The molecule has 0 aliphatic carbocycles. The number of methoxy groups -OCH3 is 2. The van der Waals surface area contributed by atoms with Gasteiger partial charge in [-0.15, -0.1) is 0 Å². The molecule has 1 amide bonds. The minimum atomic E-state index is -0.652. The number of carbonyl (C=O) groups is 1. The van der Waals surface area contributed by atoms with Crippen LogP contribution in [0.15, 0.2) is 60.7 Å². The van der Waals surface area contributed by atoms with Crippen LogP contribution in [-0.2, 0) is 9.47 Å². The van der Waals surface area contributed by atoms with E-state index in [0.717, 1.165) is 16.6 Å². The van der Waals surface area contributed by atoms with Crippen molar-refractivity contribution in [3.05, 3.63) is 66.2 Å². The van der Waals surface area contributed by atoms with E-state index < -0.39 is 12.5 Å². The molecule has 1 aliphatic heterocycles. The van der Waals surface area contributed by atoms with E-state index >= 15 is 0 Å². The molecule has 1 N–H and O–H groups in total. The van der Waals surface area contributed by atoms with Gasteiger partial charge in [-0.05, 0) is 24.3 Å². The number of nitrogens with one attached hydrogen (secondary N) is 1. The third kappa shape index (κ3) is 2.69. The number of carbonyl (C=O) groups excluding carboxylic acids is 1. The summed E-state index contributed by atoms with van der Waals surface area (Å²) in [4.78, 5) is 19.6. The Morgan fingerprint density at radius 3 is 2.46 bits per heavy atom. The maximum absolute atomic E-state index is 13.3. The lowest BCUT2D eigenvalue weighted by Crippen LogP contribution is -2.56. The summed E-state index contributed by atoms with van der Waals surface area (Å²) in [5.41, 5.74) is 2.10. The fourth-order valence-electron chi connectivity index (χ4n) is 3.26. The molecule has 4 rings (SSSR count). The Morgan fingerprint density at radius 1 is 1.04 bits per heavy atom. The number of amides is 1. The van der Waals surface area contributed by atoms with E-state index in [9.17, 15) is 4.79 Å². The Bertz CT molecular complexity index is 941. The number of nitrogens with zero attached hydrogens (tertiary/aromatic N) is 2. The molecular formula is C20H19N3O3. The molecular weight excluding hydrogens is 330 g/mol. The van der Waals surface area contributed by atoms with Crippen LogP contribution in [-0.4, -0.2) is 37.6 Å². The molecule has 0 spiro atoms. The molecule has 0 saturated carbocycles. The normalized spacial score (nSPS) is 16.7. The topological polar surface area (TPSA) is 63.7 Å². The summed E-state index contributed by atoms with van der Waals surface area (Å²) in [5, 5.41) is 4.23. The molecule has 0 bridgehead atoms. The van der Waals surface area contributed by atoms with Gasteiger partial charge in [0.05, 0.1) is 11.1 Å². The van der Waals surface area contributed by atoms with E-state index in [0.29, 0.717) is 11.4 Å². The van der Waals surface area contributed by atoms with Crippen molar-refractivity contribution in [2.75, 3.05) is 24.4 Å². The van der Waals surface area contributed by atoms with Crippen LogP contribution in [0.2, 0.25) is 0 Å². The van der Waals surface area contributed by atoms with Crippen LogP contribution in [0.3, 0.4) is 0 Å². The second-order valence-corrected chi connectivity index (χ2v) is 6.02. The molecule has 0 radical (unpaired) electrons. The molecule has 2 aromatic carbocycles. The van der Waals surface area contributed by atoms with Crippen molar-refractivity contribution in [2.45, 2.75) is 12.5 Å². The maximum Gasteiger partial charge on any atom is 0.263 e. The standard InChI is InChI=1S/C20H19N3O3/c1-25-20(26-2)18-22-17-15(12-13-8-6-7-11-16(13)21-17)19(24)23(18)14-9-4-3-5-10-14/h3-12,18,20H,1-2H3,(H,21,22). The summed E-state index contributed by atoms with van der Waals surface area (Å²) in [6.45, 7) is 0. The Labute approximate surface area is 151 Å². The van der Waals surface area contributed by atoms with E-state index in [1.54, 1.807) is 19.1 Å². The molecule has 1 atom stereocenters. The Hall–Kier alpha value is -2.96. The number of rotatable bonds is 4. The lowest BCUT2D eigenvalue weighted by molar-refractivity contribution is -0.111. The van der Waals surface area contributed by atoms with E-state index in [1.165, 1.54) is 0 Å². The molecule has 6 heteroatoms. The van der Waals surface area contributed by atoms with Crippen molar-refractivity contribution < 1.29 is 14.3 Å². The van der Waals surface area contributed by atoms with Crippen molar-refractivity contribution in [1.82, 2.24) is 4.98 Å². The summed E-state index contributed by atoms with van der Waals surface area (Å²) < 4.78 is 10.9. The van der Waals surface area contributed by atoms with E-state index in [1.807, 2.05) is 60.7 Å². The average molecular weight is 349 g/mol. The summed E-state index contributed by atoms with van der Waals surface area (Å²) in [5.74, 6) is 0.386. The summed E-state index contributed by atoms with van der Waals surface area (Å²) in [7, 11) is 3.10. The molecule has 26 heavy (non-hydrogen) atoms. The zero-order valence-corrected chi connectivity index (χ0v) is 14.5. The second-order valence-electron chi connectivity index (χ2n) is 6.02. The van der Waals surface area contributed by atoms with Crippen molar-refractivity contribution >= 4 is 28.3 Å². The Kier molecular flexibility index (Phi) is 4.28. The van der Waals surface area contributed by atoms with Gasteiger partial charge in [-0.1, -0.05) is 36.4 Å². The predicted octanol–water partition coefficient (Wildman–Crippen LogP) is 3.25. The van der Waals surface area contributed by atoms with Gasteiger partial charge in [0, 0.05) is 25.3 Å². The molecule has 132 valence electrons. The fraction of sp³-hybridized carbons (Fsp3) is 0.200. The quantitative estimate of drug-likeness (QED) is 0.733. The van der Waals surface area contributed by atoms with Crippen molar-refractivity contribution in [2.24, 2.45) is 0 Å². The van der Waals surface area contributed by atoms with Crippen LogP contribution in [0, 0.1) is 0 Å². The van der Waals surface area contributed by atoms with E-state index in [-0.39, 0.29) is 5.91 Å². The van der Waals surface area contributed by atoms with Gasteiger partial charge in [0.15, 0.2) is 12.5 Å². The number of anilines is 2. The summed E-state index contributed by atoms with van der Waals surface area (Å²) >= 11 is 0. The van der Waals surface area contributed by atoms with Gasteiger partial charge in [0.2, 0.25) is 0 Å². The van der Waals surface area contributed by atoms with Crippen LogP contribution in [0.5, 0.6) is 0 Å². The number of hydrogen-bond acceptors (Lipinski definition) is 5. The summed E-state index contributed by atoms with van der Waals surface area (Å²) in [6.07, 6.45) is -1.19. The zero-order valence-electron chi connectivity index (χ0n) is 14.5. The molecule has 2 heterocycles. The van der Waals surface area contributed by atoms with Gasteiger partial charge in [0.1, 0.15) is 5.82 Å². The summed E-state index contributed by atoms with van der Waals surface area (Å²) in [6, 6.07) is 19.1. The molecule has 6 nitrogen and oxygen atoms in total. The largest absolute Gasteiger partial charge is 0.352 e. The average Bonchev–Trinajstić information content (AvgIpc) is 2.68. The lowest BCUT2D eigenvalue weighted by Gasteiger charge is -2.40. The number of pyridine rings is 1. The number of benzene rings is 2. The van der Waals surface area contributed by atoms with Crippen LogP contribution in [0.4, 0.5) is 11.5 Å². The zero-order chi connectivity index (χ0) is 18.1. The first-order valence-corrected chi connectivity index (χ1v) is 8.33. The van der Waals surface area contributed by atoms with E-state index in [2.05, 4.69) is 10.3 Å². The number of aromatic nitrogens is 1. The molecule has 1 aliphatic rings. The number of ether oxygens (including phenoxy) is 2. The smallest absolute Gasteiger partial charge is 0.263 e. The first-order chi connectivity index (χ1) is 12.7. The van der Waals surface area contributed by atoms with Crippen LogP contribution in [0.25, 0.3) is 10.9 Å². The minimum absolute atomic E-state index is 0.146. The van der Waals surface area contributed by atoms with Crippen LogP contribution in [0.1, 0.15) is 10.4 Å². The van der Waals surface area contributed by atoms with Gasteiger partial charge in [-0.2, -0.15) is 0 Å². The van der Waals surface area contributed by atoms with Crippen LogP contribution >= 0.6 is 0 Å². The molecule has 3 aromatic rings. The predicted molar refractivity (Wildman–Crippen MR) is 100 cm³/mol. The van der Waals surface area contributed by atoms with Crippen molar-refractivity contribution in [3.8, 4) is 0 Å². The van der Waals surface area contributed by atoms with Gasteiger partial charge in [-0.3, -0.25) is 9.69 Å². The fourth-order valence-corrected chi connectivity index (χ4v) is 3.26. The number of fused-ring (bicyclic) bond motifs is 2. The highest BCUT2D eigenvalue weighted by Crippen LogP contribution is 2.32. The highest BCUT2D eigenvalue weighted by molar-refractivity contribution is 6.13. The highest BCUT2D eigenvalue weighted by Gasteiger charge is 2.39. The highest BCUT2D eigenvalue weighted by atomic mass is 16.7. The molecule has 1 unspecified atom stereocenters. The van der Waals surface area contributed by atoms with Gasteiger partial charge < -0.3 is 14.8 Å². The van der Waals surface area contributed by atoms with Gasteiger partial charge in [0.25, 0.3) is 5.91 Å². The number of hydrogen-bond donors (Lipinski definition) is 1. The van der Waals surface area contributed by atoms with Crippen molar-refractivity contribution in [1.29, 1.82) is 0 Å². The first kappa shape index (κ1) is 16.5. The molecule has 0 fully saturated rings. The Balaban J connectivity index is 1.87. The SMILES string of the molecule is COC(OC)C1Nc2nc3ccccc3cc2C(=O)N1c1ccccc1. The van der Waals surface area contributed by atoms with Crippen LogP contribution < -0.4 is 10.2 Å². The molecule has 1 aromatic heterocycles. The maximum atomic E-state index is 13.3. The Morgan fingerprint density at radius 2 is 1.73 bits per heavy atom. The molecule has 0 saturated heterocycles. The van der Waals surface area contributed by atoms with Crippen molar-refractivity contribution in [3.63, 3.8) is 0 Å². The van der Waals surface area contributed by atoms with Gasteiger partial charge >= 0.3 is 0 Å².